The van der Waals surface area contributed by atoms with Gasteiger partial charge < -0.3 is 10.6 Å². The first kappa shape index (κ1) is 13.9. The number of guanidine groups is 1. The lowest BCUT2D eigenvalue weighted by Gasteiger charge is -2.10. The van der Waals surface area contributed by atoms with Crippen LogP contribution in [-0.2, 0) is 19.3 Å². The van der Waals surface area contributed by atoms with E-state index < -0.39 is 0 Å². The number of nitrogens with zero attached hydrogens (tertiary/aromatic N) is 2. The van der Waals surface area contributed by atoms with Crippen LogP contribution in [0.4, 0.5) is 0 Å². The number of hydrogen-bond donors (Lipinski definition) is 2. The van der Waals surface area contributed by atoms with Gasteiger partial charge in [0.25, 0.3) is 0 Å². The molecular weight excluding hydrogens is 268 g/mol. The van der Waals surface area contributed by atoms with Gasteiger partial charge in [-0.3, -0.25) is 4.99 Å². The average molecular weight is 292 g/mol. The number of fused-ring (bicyclic) bond motifs is 1. The molecule has 110 valence electrons. The summed E-state index contributed by atoms with van der Waals surface area (Å²) in [6.07, 6.45) is 9.89. The van der Waals surface area contributed by atoms with Crippen molar-refractivity contribution in [2.24, 2.45) is 4.99 Å². The van der Waals surface area contributed by atoms with Crippen LogP contribution in [-0.4, -0.2) is 30.6 Å². The highest BCUT2D eigenvalue weighted by Gasteiger charge is 2.22. The van der Waals surface area contributed by atoms with Crippen LogP contribution >= 0.6 is 11.3 Å². The molecule has 0 aliphatic heterocycles. The maximum Gasteiger partial charge on any atom is 0.191 e. The average Bonchev–Trinajstić information content (AvgIpc) is 3.19. The summed E-state index contributed by atoms with van der Waals surface area (Å²) in [7, 11) is 1.84. The van der Waals surface area contributed by atoms with Crippen LogP contribution in [0.25, 0.3) is 0 Å². The Kier molecular flexibility index (Phi) is 4.55. The highest BCUT2D eigenvalue weighted by atomic mass is 32.1. The van der Waals surface area contributed by atoms with Crippen LogP contribution in [0.3, 0.4) is 0 Å². The molecule has 2 aliphatic carbocycles. The summed E-state index contributed by atoms with van der Waals surface area (Å²) in [5.74, 6) is 0.950. The molecule has 0 aromatic carbocycles. The molecule has 0 unspecified atom stereocenters. The highest BCUT2D eigenvalue weighted by molar-refractivity contribution is 7.11. The Morgan fingerprint density at radius 3 is 2.95 bits per heavy atom. The van der Waals surface area contributed by atoms with E-state index >= 15 is 0 Å². The Morgan fingerprint density at radius 1 is 1.35 bits per heavy atom. The summed E-state index contributed by atoms with van der Waals surface area (Å²) in [6, 6.07) is 0.659. The fraction of sp³-hybridized carbons (Fsp3) is 0.733. The third kappa shape index (κ3) is 3.72. The van der Waals surface area contributed by atoms with E-state index in [1.807, 2.05) is 18.4 Å². The molecule has 2 N–H and O–H groups in total. The summed E-state index contributed by atoms with van der Waals surface area (Å²) >= 11 is 1.94. The summed E-state index contributed by atoms with van der Waals surface area (Å²) in [6.45, 7) is 0.969. The van der Waals surface area contributed by atoms with E-state index in [-0.39, 0.29) is 0 Å². The fourth-order valence-electron chi connectivity index (χ4n) is 2.57. The number of rotatable bonds is 5. The summed E-state index contributed by atoms with van der Waals surface area (Å²) in [5.41, 5.74) is 1.38. The van der Waals surface area contributed by atoms with Gasteiger partial charge in [-0.2, -0.15) is 0 Å². The zero-order valence-electron chi connectivity index (χ0n) is 12.2. The second-order valence-corrected chi connectivity index (χ2v) is 6.87. The molecule has 0 spiro atoms. The molecule has 0 amide bonds. The van der Waals surface area contributed by atoms with Gasteiger partial charge in [0.05, 0.1) is 10.7 Å². The Morgan fingerprint density at radius 2 is 2.20 bits per heavy atom. The molecule has 1 fully saturated rings. The summed E-state index contributed by atoms with van der Waals surface area (Å²) in [4.78, 5) is 10.6. The number of thiazole rings is 1. The Bertz CT molecular complexity index is 453. The van der Waals surface area contributed by atoms with Crippen molar-refractivity contribution >= 4 is 17.3 Å². The SMILES string of the molecule is CN=C(NCCCc1nc2c(s1)CCCC2)NC1CC1. The van der Waals surface area contributed by atoms with Crippen LogP contribution in [0, 0.1) is 0 Å². The van der Waals surface area contributed by atoms with Gasteiger partial charge in [0.15, 0.2) is 5.96 Å². The van der Waals surface area contributed by atoms with Gasteiger partial charge in [0, 0.05) is 30.9 Å². The molecule has 1 aromatic rings. The van der Waals surface area contributed by atoms with Crippen molar-refractivity contribution in [1.29, 1.82) is 0 Å². The Labute approximate surface area is 125 Å². The third-order valence-corrected chi connectivity index (χ3v) is 5.11. The first-order chi connectivity index (χ1) is 9.85. The second-order valence-electron chi connectivity index (χ2n) is 5.71. The molecular formula is C15H24N4S. The van der Waals surface area contributed by atoms with Crippen LogP contribution in [0.5, 0.6) is 0 Å². The van der Waals surface area contributed by atoms with Gasteiger partial charge in [0.2, 0.25) is 0 Å². The van der Waals surface area contributed by atoms with E-state index in [0.717, 1.165) is 25.3 Å². The maximum absolute atomic E-state index is 4.79. The molecule has 5 heteroatoms. The monoisotopic (exact) mass is 292 g/mol. The zero-order chi connectivity index (χ0) is 13.8. The van der Waals surface area contributed by atoms with Gasteiger partial charge in [0.1, 0.15) is 0 Å². The summed E-state index contributed by atoms with van der Waals surface area (Å²) < 4.78 is 0. The number of hydrogen-bond acceptors (Lipinski definition) is 3. The largest absolute Gasteiger partial charge is 0.356 e. The van der Waals surface area contributed by atoms with Crippen molar-refractivity contribution in [2.45, 2.75) is 57.4 Å². The van der Waals surface area contributed by atoms with Crippen LogP contribution in [0.15, 0.2) is 4.99 Å². The molecule has 3 rings (SSSR count). The molecule has 1 aromatic heterocycles. The standard InChI is InChI=1S/C15H24N4S/c1-16-15(18-11-8-9-11)17-10-4-7-14-19-12-5-2-3-6-13(12)20-14/h11H,2-10H2,1H3,(H2,16,17,18). The van der Waals surface area contributed by atoms with E-state index in [0.29, 0.717) is 6.04 Å². The number of nitrogens with one attached hydrogen (secondary N) is 2. The quantitative estimate of drug-likeness (QED) is 0.497. The van der Waals surface area contributed by atoms with E-state index in [4.69, 9.17) is 4.98 Å². The first-order valence-electron chi connectivity index (χ1n) is 7.80. The molecule has 0 radical (unpaired) electrons. The van der Waals surface area contributed by atoms with E-state index in [2.05, 4.69) is 15.6 Å². The van der Waals surface area contributed by atoms with Crippen molar-refractivity contribution in [3.63, 3.8) is 0 Å². The van der Waals surface area contributed by atoms with Crippen molar-refractivity contribution in [1.82, 2.24) is 15.6 Å². The minimum Gasteiger partial charge on any atom is -0.356 e. The molecule has 0 bridgehead atoms. The molecule has 1 saturated carbocycles. The topological polar surface area (TPSA) is 49.3 Å². The van der Waals surface area contributed by atoms with Gasteiger partial charge in [-0.25, -0.2) is 4.98 Å². The predicted molar refractivity (Wildman–Crippen MR) is 84.6 cm³/mol. The maximum atomic E-state index is 4.79. The molecule has 0 saturated heterocycles. The summed E-state index contributed by atoms with van der Waals surface area (Å²) in [5, 5.41) is 8.12. The van der Waals surface area contributed by atoms with Gasteiger partial charge >= 0.3 is 0 Å². The minimum absolute atomic E-state index is 0.659. The zero-order valence-corrected chi connectivity index (χ0v) is 13.1. The van der Waals surface area contributed by atoms with E-state index in [1.54, 1.807) is 4.88 Å². The molecule has 0 atom stereocenters. The van der Waals surface area contributed by atoms with Crippen molar-refractivity contribution in [3.05, 3.63) is 15.6 Å². The fourth-order valence-corrected chi connectivity index (χ4v) is 3.77. The Hall–Kier alpha value is -1.10. The van der Waals surface area contributed by atoms with Crippen LogP contribution in [0.2, 0.25) is 0 Å². The smallest absolute Gasteiger partial charge is 0.191 e. The van der Waals surface area contributed by atoms with Gasteiger partial charge in [-0.1, -0.05) is 0 Å². The molecule has 4 nitrogen and oxygen atoms in total. The van der Waals surface area contributed by atoms with Gasteiger partial charge in [-0.05, 0) is 44.9 Å². The predicted octanol–water partition coefficient (Wildman–Crippen LogP) is 2.28. The number of aryl methyl sites for hydroxylation is 3. The van der Waals surface area contributed by atoms with Gasteiger partial charge in [-0.15, -0.1) is 11.3 Å². The first-order valence-corrected chi connectivity index (χ1v) is 8.61. The molecule has 1 heterocycles. The Balaban J connectivity index is 1.39. The highest BCUT2D eigenvalue weighted by Crippen LogP contribution is 2.27. The molecule has 2 aliphatic rings. The second kappa shape index (κ2) is 6.57. The van der Waals surface area contributed by atoms with Crippen LogP contribution < -0.4 is 10.6 Å². The van der Waals surface area contributed by atoms with Crippen molar-refractivity contribution < 1.29 is 0 Å². The number of aromatic nitrogens is 1. The lowest BCUT2D eigenvalue weighted by atomic mass is 10.0. The van der Waals surface area contributed by atoms with Crippen molar-refractivity contribution in [3.8, 4) is 0 Å². The van der Waals surface area contributed by atoms with Crippen LogP contribution in [0.1, 0.15) is 47.7 Å². The van der Waals surface area contributed by atoms with Crippen molar-refractivity contribution in [2.75, 3.05) is 13.6 Å². The lowest BCUT2D eigenvalue weighted by Crippen LogP contribution is -2.39. The van der Waals surface area contributed by atoms with E-state index in [1.165, 1.54) is 49.2 Å². The number of aliphatic imine (C=N–C) groups is 1. The minimum atomic E-state index is 0.659. The van der Waals surface area contributed by atoms with E-state index in [9.17, 15) is 0 Å². The lowest BCUT2D eigenvalue weighted by molar-refractivity contribution is 0.678. The third-order valence-electron chi connectivity index (χ3n) is 3.89. The molecule has 20 heavy (non-hydrogen) atoms. The normalized spacial score (nSPS) is 18.8.